The molecular weight excluding hydrogens is 425 g/mol. The zero-order valence-electron chi connectivity index (χ0n) is 18.6. The fourth-order valence-electron chi connectivity index (χ4n) is 4.92. The Morgan fingerprint density at radius 3 is 2.64 bits per heavy atom. The summed E-state index contributed by atoms with van der Waals surface area (Å²) in [4.78, 5) is 37.8. The van der Waals surface area contributed by atoms with Crippen LogP contribution in [0.4, 0.5) is 10.3 Å². The van der Waals surface area contributed by atoms with E-state index in [0.29, 0.717) is 30.4 Å². The Hall–Kier alpha value is -3.75. The van der Waals surface area contributed by atoms with E-state index in [1.807, 2.05) is 29.0 Å². The van der Waals surface area contributed by atoms with Crippen LogP contribution in [0.5, 0.6) is 5.75 Å². The number of hydrogen-bond acceptors (Lipinski definition) is 6. The standard InChI is InChI=1S/C24H24FN5O3/c1-28-21(31)10-19(14-8-9-26-11-18(14)25)27-24(28)29(2)22-16-12-30(13-17(16)22)23(32)15-6-4-5-7-20(15)33-3/h4-11,16-17,22H,12-13H2,1-3H3/t16-,17+,22?. The normalized spacial score (nSPS) is 21.0. The number of pyridine rings is 1. The summed E-state index contributed by atoms with van der Waals surface area (Å²) in [5.74, 6) is 1.04. The quantitative estimate of drug-likeness (QED) is 0.594. The van der Waals surface area contributed by atoms with E-state index in [-0.39, 0.29) is 40.6 Å². The average Bonchev–Trinajstić information content (AvgIpc) is 3.32. The predicted molar refractivity (Wildman–Crippen MR) is 121 cm³/mol. The molecule has 0 spiro atoms. The number of halogens is 1. The zero-order valence-corrected chi connectivity index (χ0v) is 18.6. The van der Waals surface area contributed by atoms with Gasteiger partial charge in [0.2, 0.25) is 5.95 Å². The molecule has 2 aromatic heterocycles. The Labute approximate surface area is 190 Å². The molecule has 0 bridgehead atoms. The third-order valence-electron chi connectivity index (χ3n) is 6.70. The molecule has 2 aliphatic rings. The first kappa shape index (κ1) is 21.1. The molecule has 1 unspecified atom stereocenters. The fraction of sp³-hybridized carbons (Fsp3) is 0.333. The number of nitrogens with zero attached hydrogens (tertiary/aromatic N) is 5. The minimum atomic E-state index is -0.527. The van der Waals surface area contributed by atoms with Gasteiger partial charge in [0.15, 0.2) is 5.82 Å². The van der Waals surface area contributed by atoms with Crippen molar-refractivity contribution < 1.29 is 13.9 Å². The smallest absolute Gasteiger partial charge is 0.257 e. The number of piperidine rings is 1. The highest BCUT2D eigenvalue weighted by atomic mass is 19.1. The Morgan fingerprint density at radius 2 is 1.94 bits per heavy atom. The number of likely N-dealkylation sites (tertiary alicyclic amines) is 1. The molecule has 3 atom stereocenters. The molecule has 33 heavy (non-hydrogen) atoms. The van der Waals surface area contributed by atoms with Gasteiger partial charge in [-0.1, -0.05) is 12.1 Å². The first-order chi connectivity index (χ1) is 15.9. The summed E-state index contributed by atoms with van der Waals surface area (Å²) in [7, 11) is 5.11. The van der Waals surface area contributed by atoms with E-state index in [0.717, 1.165) is 6.20 Å². The monoisotopic (exact) mass is 449 g/mol. The summed E-state index contributed by atoms with van der Waals surface area (Å²) in [5.41, 5.74) is 0.805. The lowest BCUT2D eigenvalue weighted by Gasteiger charge is -2.26. The molecule has 1 aliphatic heterocycles. The number of benzene rings is 1. The van der Waals surface area contributed by atoms with Crippen LogP contribution in [0.25, 0.3) is 11.3 Å². The maximum absolute atomic E-state index is 14.2. The number of anilines is 1. The van der Waals surface area contributed by atoms with Crippen molar-refractivity contribution in [1.82, 2.24) is 19.4 Å². The van der Waals surface area contributed by atoms with Crippen molar-refractivity contribution in [3.8, 4) is 17.0 Å². The largest absolute Gasteiger partial charge is 0.496 e. The number of para-hydroxylation sites is 1. The van der Waals surface area contributed by atoms with E-state index in [1.165, 1.54) is 22.9 Å². The molecule has 0 radical (unpaired) electrons. The number of methoxy groups -OCH3 is 1. The summed E-state index contributed by atoms with van der Waals surface area (Å²) in [6.07, 6.45) is 2.58. The lowest BCUT2D eigenvalue weighted by atomic mass is 10.1. The number of fused-ring (bicyclic) bond motifs is 1. The molecule has 3 heterocycles. The van der Waals surface area contributed by atoms with Gasteiger partial charge < -0.3 is 14.5 Å². The number of carbonyl (C=O) groups is 1. The van der Waals surface area contributed by atoms with Crippen molar-refractivity contribution in [3.63, 3.8) is 0 Å². The summed E-state index contributed by atoms with van der Waals surface area (Å²) in [6.45, 7) is 1.26. The van der Waals surface area contributed by atoms with Crippen molar-refractivity contribution in [2.24, 2.45) is 18.9 Å². The average molecular weight is 449 g/mol. The molecule has 1 amide bonds. The molecule has 1 saturated heterocycles. The molecule has 1 aliphatic carbocycles. The van der Waals surface area contributed by atoms with Gasteiger partial charge in [0, 0.05) is 62.9 Å². The molecule has 0 N–H and O–H groups in total. The number of rotatable bonds is 5. The first-order valence-electron chi connectivity index (χ1n) is 10.7. The van der Waals surface area contributed by atoms with E-state index < -0.39 is 5.82 Å². The zero-order chi connectivity index (χ0) is 23.3. The molecule has 9 heteroatoms. The maximum atomic E-state index is 14.2. The number of hydrogen-bond donors (Lipinski definition) is 0. The van der Waals surface area contributed by atoms with Gasteiger partial charge >= 0.3 is 0 Å². The van der Waals surface area contributed by atoms with E-state index in [1.54, 1.807) is 26.3 Å². The molecule has 170 valence electrons. The van der Waals surface area contributed by atoms with Gasteiger partial charge in [-0.15, -0.1) is 0 Å². The SMILES string of the molecule is COc1ccccc1C(=O)N1C[C@@H]2C(N(C)c3nc(-c4ccncc4F)cc(=O)n3C)[C@@H]2C1. The first-order valence-corrected chi connectivity index (χ1v) is 10.7. The highest BCUT2D eigenvalue weighted by molar-refractivity contribution is 5.97. The van der Waals surface area contributed by atoms with Crippen LogP contribution >= 0.6 is 0 Å². The molecular formula is C24H24FN5O3. The van der Waals surface area contributed by atoms with Crippen molar-refractivity contribution in [3.05, 3.63) is 70.5 Å². The second-order valence-corrected chi connectivity index (χ2v) is 8.53. The predicted octanol–water partition coefficient (Wildman–Crippen LogP) is 2.20. The number of aromatic nitrogens is 3. The van der Waals surface area contributed by atoms with Crippen LogP contribution in [0, 0.1) is 17.7 Å². The Balaban J connectivity index is 1.35. The maximum Gasteiger partial charge on any atom is 0.257 e. The minimum absolute atomic E-state index is 0.0401. The van der Waals surface area contributed by atoms with Gasteiger partial charge in [-0.05, 0) is 18.2 Å². The summed E-state index contributed by atoms with van der Waals surface area (Å²) in [6, 6.07) is 10.2. The topological polar surface area (TPSA) is 80.6 Å². The third-order valence-corrected chi connectivity index (χ3v) is 6.70. The van der Waals surface area contributed by atoms with Crippen molar-refractivity contribution in [2.75, 3.05) is 32.1 Å². The lowest BCUT2D eigenvalue weighted by molar-refractivity contribution is 0.0769. The highest BCUT2D eigenvalue weighted by Crippen LogP contribution is 2.49. The van der Waals surface area contributed by atoms with E-state index >= 15 is 0 Å². The summed E-state index contributed by atoms with van der Waals surface area (Å²) in [5, 5.41) is 0. The third kappa shape index (κ3) is 3.53. The van der Waals surface area contributed by atoms with Crippen LogP contribution in [0.15, 0.2) is 53.6 Å². The van der Waals surface area contributed by atoms with Crippen molar-refractivity contribution in [2.45, 2.75) is 6.04 Å². The van der Waals surface area contributed by atoms with E-state index in [2.05, 4.69) is 9.97 Å². The number of ether oxygens (including phenoxy) is 1. The minimum Gasteiger partial charge on any atom is -0.496 e. The van der Waals surface area contributed by atoms with Crippen LogP contribution in [-0.2, 0) is 7.05 Å². The van der Waals surface area contributed by atoms with Crippen LogP contribution in [0.2, 0.25) is 0 Å². The Bertz CT molecular complexity index is 1280. The van der Waals surface area contributed by atoms with Crippen LogP contribution in [-0.4, -0.2) is 58.6 Å². The van der Waals surface area contributed by atoms with Gasteiger partial charge in [-0.25, -0.2) is 9.37 Å². The second kappa shape index (κ2) is 7.99. The highest BCUT2D eigenvalue weighted by Gasteiger charge is 2.59. The Morgan fingerprint density at radius 1 is 1.21 bits per heavy atom. The van der Waals surface area contributed by atoms with Gasteiger partial charge in [0.25, 0.3) is 11.5 Å². The van der Waals surface area contributed by atoms with Crippen LogP contribution in [0.3, 0.4) is 0 Å². The Kier molecular flexibility index (Phi) is 5.11. The molecule has 5 rings (SSSR count). The number of amides is 1. The molecule has 1 saturated carbocycles. The fourth-order valence-corrected chi connectivity index (χ4v) is 4.92. The van der Waals surface area contributed by atoms with Gasteiger partial charge in [0.1, 0.15) is 5.75 Å². The molecule has 8 nitrogen and oxygen atoms in total. The van der Waals surface area contributed by atoms with Gasteiger partial charge in [-0.3, -0.25) is 19.1 Å². The molecule has 2 fully saturated rings. The van der Waals surface area contributed by atoms with Gasteiger partial charge in [-0.2, -0.15) is 0 Å². The summed E-state index contributed by atoms with van der Waals surface area (Å²) < 4.78 is 21.0. The molecule has 1 aromatic carbocycles. The van der Waals surface area contributed by atoms with Crippen LogP contribution < -0.4 is 15.2 Å². The lowest BCUT2D eigenvalue weighted by Crippen LogP contribution is -2.38. The number of carbonyl (C=O) groups excluding carboxylic acids is 1. The molecule has 3 aromatic rings. The van der Waals surface area contributed by atoms with E-state index in [9.17, 15) is 14.0 Å². The van der Waals surface area contributed by atoms with Gasteiger partial charge in [0.05, 0.1) is 24.6 Å². The second-order valence-electron chi connectivity index (χ2n) is 8.53. The van der Waals surface area contributed by atoms with E-state index in [4.69, 9.17) is 4.74 Å². The van der Waals surface area contributed by atoms with Crippen molar-refractivity contribution >= 4 is 11.9 Å². The summed E-state index contributed by atoms with van der Waals surface area (Å²) >= 11 is 0. The van der Waals surface area contributed by atoms with Crippen LogP contribution in [0.1, 0.15) is 10.4 Å². The van der Waals surface area contributed by atoms with Crippen molar-refractivity contribution in [1.29, 1.82) is 0 Å².